The van der Waals surface area contributed by atoms with Crippen molar-refractivity contribution >= 4 is 0 Å². The van der Waals surface area contributed by atoms with E-state index in [1.54, 1.807) is 0 Å². The molecule has 3 nitrogen and oxygen atoms in total. The van der Waals surface area contributed by atoms with E-state index in [0.29, 0.717) is 6.04 Å². The summed E-state index contributed by atoms with van der Waals surface area (Å²) in [6, 6.07) is 11.1. The maximum Gasteiger partial charge on any atom is 0.0604 e. The van der Waals surface area contributed by atoms with Crippen LogP contribution in [0.15, 0.2) is 36.5 Å². The molecule has 96 valence electrons. The molecule has 0 fully saturated rings. The van der Waals surface area contributed by atoms with Crippen LogP contribution in [0.4, 0.5) is 0 Å². The van der Waals surface area contributed by atoms with E-state index in [1.807, 2.05) is 23.9 Å². The molecule has 0 aliphatic rings. The van der Waals surface area contributed by atoms with Crippen LogP contribution in [0.2, 0.25) is 0 Å². The lowest BCUT2D eigenvalue weighted by Crippen LogP contribution is -2.25. The number of hydrogen-bond acceptors (Lipinski definition) is 2. The number of aryl methyl sites for hydroxylation is 2. The summed E-state index contributed by atoms with van der Waals surface area (Å²) in [4.78, 5) is 0. The Morgan fingerprint density at radius 3 is 2.44 bits per heavy atom. The number of benzene rings is 1. The summed E-state index contributed by atoms with van der Waals surface area (Å²) >= 11 is 0. The third kappa shape index (κ3) is 3.20. The summed E-state index contributed by atoms with van der Waals surface area (Å²) < 4.78 is 2.00. The monoisotopic (exact) mass is 243 g/mol. The SMILES string of the molecule is CCNC(Cn1ccc(C)n1)c1ccc(C)cc1. The molecule has 0 amide bonds. The fraction of sp³-hybridized carbons (Fsp3) is 0.400. The summed E-state index contributed by atoms with van der Waals surface area (Å²) in [5.74, 6) is 0. The van der Waals surface area contributed by atoms with Gasteiger partial charge in [-0.15, -0.1) is 0 Å². The zero-order valence-electron chi connectivity index (χ0n) is 11.4. The number of nitrogens with zero attached hydrogens (tertiary/aromatic N) is 2. The van der Waals surface area contributed by atoms with Gasteiger partial charge in [-0.05, 0) is 32.0 Å². The standard InChI is InChI=1S/C15H21N3/c1-4-16-15(11-18-10-9-13(3)17-18)14-7-5-12(2)6-8-14/h5-10,15-16H,4,11H2,1-3H3. The molecule has 0 spiro atoms. The van der Waals surface area contributed by atoms with E-state index in [0.717, 1.165) is 18.8 Å². The van der Waals surface area contributed by atoms with Crippen molar-refractivity contribution in [3.8, 4) is 0 Å². The normalized spacial score (nSPS) is 12.6. The first kappa shape index (κ1) is 12.8. The Hall–Kier alpha value is -1.61. The van der Waals surface area contributed by atoms with Gasteiger partial charge < -0.3 is 5.32 Å². The predicted octanol–water partition coefficient (Wildman–Crippen LogP) is 2.85. The maximum atomic E-state index is 4.45. The maximum absolute atomic E-state index is 4.45. The van der Waals surface area contributed by atoms with Crippen molar-refractivity contribution in [2.45, 2.75) is 33.4 Å². The van der Waals surface area contributed by atoms with E-state index < -0.39 is 0 Å². The van der Waals surface area contributed by atoms with Crippen LogP contribution in [-0.4, -0.2) is 16.3 Å². The topological polar surface area (TPSA) is 29.9 Å². The highest BCUT2D eigenvalue weighted by Gasteiger charge is 2.11. The fourth-order valence-electron chi connectivity index (χ4n) is 2.08. The molecular weight excluding hydrogens is 222 g/mol. The summed E-state index contributed by atoms with van der Waals surface area (Å²) in [6.45, 7) is 8.09. The molecule has 0 aliphatic heterocycles. The smallest absolute Gasteiger partial charge is 0.0604 e. The highest BCUT2D eigenvalue weighted by Crippen LogP contribution is 2.16. The van der Waals surface area contributed by atoms with Gasteiger partial charge in [0.2, 0.25) is 0 Å². The van der Waals surface area contributed by atoms with Gasteiger partial charge in [-0.3, -0.25) is 4.68 Å². The molecule has 18 heavy (non-hydrogen) atoms. The molecule has 1 N–H and O–H groups in total. The number of likely N-dealkylation sites (N-methyl/N-ethyl adjacent to an activating group) is 1. The van der Waals surface area contributed by atoms with Crippen molar-refractivity contribution in [3.63, 3.8) is 0 Å². The predicted molar refractivity (Wildman–Crippen MR) is 74.6 cm³/mol. The molecule has 0 radical (unpaired) electrons. The molecule has 2 rings (SSSR count). The number of nitrogens with one attached hydrogen (secondary N) is 1. The third-order valence-electron chi connectivity index (χ3n) is 3.07. The Morgan fingerprint density at radius 2 is 1.89 bits per heavy atom. The van der Waals surface area contributed by atoms with Crippen LogP contribution >= 0.6 is 0 Å². The van der Waals surface area contributed by atoms with E-state index in [2.05, 4.69) is 48.5 Å². The second-order valence-corrected chi connectivity index (χ2v) is 4.70. The van der Waals surface area contributed by atoms with Crippen LogP contribution in [0.1, 0.15) is 29.8 Å². The zero-order chi connectivity index (χ0) is 13.0. The second kappa shape index (κ2) is 5.83. The molecule has 1 atom stereocenters. The van der Waals surface area contributed by atoms with Crippen molar-refractivity contribution in [2.24, 2.45) is 0 Å². The van der Waals surface area contributed by atoms with Gasteiger partial charge >= 0.3 is 0 Å². The van der Waals surface area contributed by atoms with Crippen molar-refractivity contribution in [1.29, 1.82) is 0 Å². The van der Waals surface area contributed by atoms with Crippen LogP contribution in [-0.2, 0) is 6.54 Å². The summed E-state index contributed by atoms with van der Waals surface area (Å²) in [7, 11) is 0. The van der Waals surface area contributed by atoms with Crippen molar-refractivity contribution in [2.75, 3.05) is 6.54 Å². The third-order valence-corrected chi connectivity index (χ3v) is 3.07. The van der Waals surface area contributed by atoms with Gasteiger partial charge in [-0.25, -0.2) is 0 Å². The van der Waals surface area contributed by atoms with E-state index >= 15 is 0 Å². The average Bonchev–Trinajstić information content (AvgIpc) is 2.75. The van der Waals surface area contributed by atoms with Gasteiger partial charge in [0.1, 0.15) is 0 Å². The molecule has 3 heteroatoms. The highest BCUT2D eigenvalue weighted by atomic mass is 15.3. The lowest BCUT2D eigenvalue weighted by Gasteiger charge is -2.18. The Kier molecular flexibility index (Phi) is 4.15. The molecule has 0 aliphatic carbocycles. The molecule has 1 unspecified atom stereocenters. The van der Waals surface area contributed by atoms with Gasteiger partial charge in [0.15, 0.2) is 0 Å². The van der Waals surface area contributed by atoms with Gasteiger partial charge in [-0.1, -0.05) is 36.8 Å². The summed E-state index contributed by atoms with van der Waals surface area (Å²) in [5.41, 5.74) is 3.67. The molecule has 0 saturated carbocycles. The first-order valence-electron chi connectivity index (χ1n) is 6.49. The Labute approximate surface area is 109 Å². The Morgan fingerprint density at radius 1 is 1.17 bits per heavy atom. The van der Waals surface area contributed by atoms with Crippen LogP contribution in [0.5, 0.6) is 0 Å². The van der Waals surface area contributed by atoms with E-state index in [4.69, 9.17) is 0 Å². The first-order chi connectivity index (χ1) is 8.69. The minimum atomic E-state index is 0.315. The van der Waals surface area contributed by atoms with Gasteiger partial charge in [0, 0.05) is 6.20 Å². The van der Waals surface area contributed by atoms with E-state index in [1.165, 1.54) is 11.1 Å². The number of hydrogen-bond donors (Lipinski definition) is 1. The van der Waals surface area contributed by atoms with Crippen LogP contribution in [0.3, 0.4) is 0 Å². The molecule has 1 aromatic heterocycles. The van der Waals surface area contributed by atoms with Crippen LogP contribution < -0.4 is 5.32 Å². The van der Waals surface area contributed by atoms with Crippen LogP contribution in [0, 0.1) is 13.8 Å². The molecular formula is C15H21N3. The van der Waals surface area contributed by atoms with E-state index in [9.17, 15) is 0 Å². The summed E-state index contributed by atoms with van der Waals surface area (Å²) in [5, 5.41) is 7.97. The first-order valence-corrected chi connectivity index (χ1v) is 6.49. The molecule has 0 saturated heterocycles. The Bertz CT molecular complexity index is 485. The van der Waals surface area contributed by atoms with Gasteiger partial charge in [0.05, 0.1) is 18.3 Å². The average molecular weight is 243 g/mol. The molecule has 1 aromatic carbocycles. The fourth-order valence-corrected chi connectivity index (χ4v) is 2.08. The van der Waals surface area contributed by atoms with Crippen molar-refractivity contribution < 1.29 is 0 Å². The van der Waals surface area contributed by atoms with Crippen LogP contribution in [0.25, 0.3) is 0 Å². The molecule has 2 aromatic rings. The highest BCUT2D eigenvalue weighted by molar-refractivity contribution is 5.24. The largest absolute Gasteiger partial charge is 0.309 e. The van der Waals surface area contributed by atoms with Gasteiger partial charge in [0.25, 0.3) is 0 Å². The Balaban J connectivity index is 2.14. The minimum Gasteiger partial charge on any atom is -0.309 e. The number of aromatic nitrogens is 2. The van der Waals surface area contributed by atoms with Crippen molar-refractivity contribution in [3.05, 3.63) is 53.3 Å². The zero-order valence-corrected chi connectivity index (χ0v) is 11.4. The number of rotatable bonds is 5. The van der Waals surface area contributed by atoms with Crippen molar-refractivity contribution in [1.82, 2.24) is 15.1 Å². The lowest BCUT2D eigenvalue weighted by atomic mass is 10.1. The minimum absolute atomic E-state index is 0.315. The van der Waals surface area contributed by atoms with Gasteiger partial charge in [-0.2, -0.15) is 5.10 Å². The van der Waals surface area contributed by atoms with E-state index in [-0.39, 0.29) is 0 Å². The molecule has 0 bridgehead atoms. The lowest BCUT2D eigenvalue weighted by molar-refractivity contribution is 0.447. The second-order valence-electron chi connectivity index (χ2n) is 4.70. The summed E-state index contributed by atoms with van der Waals surface area (Å²) in [6.07, 6.45) is 2.04. The quantitative estimate of drug-likeness (QED) is 0.875. The molecule has 1 heterocycles.